The first-order valence-corrected chi connectivity index (χ1v) is 10.2. The first kappa shape index (κ1) is 19.2. The molecule has 2 aliphatic heterocycles. The van der Waals surface area contributed by atoms with Crippen LogP contribution in [0.1, 0.15) is 42.9 Å². The van der Waals surface area contributed by atoms with Crippen molar-refractivity contribution in [2.45, 2.75) is 38.3 Å². The lowest BCUT2D eigenvalue weighted by Gasteiger charge is -2.30. The minimum Gasteiger partial charge on any atom is -0.448 e. The monoisotopic (exact) mass is 394 g/mol. The second-order valence-corrected chi connectivity index (χ2v) is 7.50. The number of nitrogens with zero attached hydrogens (tertiary/aromatic N) is 3. The van der Waals surface area contributed by atoms with Crippen molar-refractivity contribution in [3.8, 4) is 0 Å². The van der Waals surface area contributed by atoms with E-state index in [2.05, 4.69) is 10.3 Å². The highest BCUT2D eigenvalue weighted by atomic mass is 16.6. The molecule has 1 atom stereocenters. The van der Waals surface area contributed by atoms with E-state index in [1.54, 1.807) is 17.3 Å². The number of anilines is 1. The molecule has 1 N–H and O–H groups in total. The summed E-state index contributed by atoms with van der Waals surface area (Å²) in [5.41, 5.74) is 2.89. The Balaban J connectivity index is 1.42. The summed E-state index contributed by atoms with van der Waals surface area (Å²) in [5, 5.41) is 3.03. The van der Waals surface area contributed by atoms with Crippen LogP contribution in [-0.4, -0.2) is 46.6 Å². The van der Waals surface area contributed by atoms with Gasteiger partial charge in [0.15, 0.2) is 0 Å². The largest absolute Gasteiger partial charge is 0.448 e. The molecule has 152 valence electrons. The molecule has 1 aromatic carbocycles. The first-order valence-electron chi connectivity index (χ1n) is 10.2. The summed E-state index contributed by atoms with van der Waals surface area (Å²) in [7, 11) is 0. The van der Waals surface area contributed by atoms with Crippen molar-refractivity contribution in [3.63, 3.8) is 0 Å². The van der Waals surface area contributed by atoms with Gasteiger partial charge in [-0.05, 0) is 48.2 Å². The Morgan fingerprint density at radius 3 is 2.59 bits per heavy atom. The summed E-state index contributed by atoms with van der Waals surface area (Å²) in [6.07, 6.45) is 7.52. The molecule has 7 nitrogen and oxygen atoms in total. The summed E-state index contributed by atoms with van der Waals surface area (Å²) in [6, 6.07) is 11.6. The molecule has 3 heterocycles. The fourth-order valence-electron chi connectivity index (χ4n) is 3.96. The maximum atomic E-state index is 13.0. The summed E-state index contributed by atoms with van der Waals surface area (Å²) in [6.45, 7) is 2.32. The Labute approximate surface area is 170 Å². The number of pyridine rings is 1. The number of likely N-dealkylation sites (tertiary alicyclic amines) is 1. The number of urea groups is 1. The molecule has 2 aromatic rings. The van der Waals surface area contributed by atoms with Crippen molar-refractivity contribution in [2.75, 3.05) is 25.0 Å². The molecule has 4 rings (SSSR count). The minimum absolute atomic E-state index is 0.0703. The molecule has 1 unspecified atom stereocenters. The van der Waals surface area contributed by atoms with Crippen LogP contribution in [0.25, 0.3) is 0 Å². The van der Waals surface area contributed by atoms with Crippen molar-refractivity contribution in [3.05, 3.63) is 59.9 Å². The first-order chi connectivity index (χ1) is 14.2. The van der Waals surface area contributed by atoms with E-state index >= 15 is 0 Å². The minimum atomic E-state index is -0.273. The van der Waals surface area contributed by atoms with Gasteiger partial charge in [-0.25, -0.2) is 9.59 Å². The third-order valence-electron chi connectivity index (χ3n) is 5.53. The maximum Gasteiger partial charge on any atom is 0.410 e. The summed E-state index contributed by atoms with van der Waals surface area (Å²) >= 11 is 0. The molecule has 0 saturated carbocycles. The van der Waals surface area contributed by atoms with Gasteiger partial charge in [-0.15, -0.1) is 0 Å². The molecule has 0 aliphatic carbocycles. The number of carbonyl (C=O) groups is 2. The zero-order valence-corrected chi connectivity index (χ0v) is 16.4. The van der Waals surface area contributed by atoms with Gasteiger partial charge in [0.05, 0.1) is 12.6 Å². The second kappa shape index (κ2) is 8.94. The molecule has 0 bridgehead atoms. The quantitative estimate of drug-likeness (QED) is 0.844. The predicted molar refractivity (Wildman–Crippen MR) is 109 cm³/mol. The van der Waals surface area contributed by atoms with Gasteiger partial charge in [-0.2, -0.15) is 0 Å². The Hall–Kier alpha value is -3.09. The van der Waals surface area contributed by atoms with Crippen LogP contribution >= 0.6 is 0 Å². The fourth-order valence-corrected chi connectivity index (χ4v) is 3.96. The van der Waals surface area contributed by atoms with Gasteiger partial charge >= 0.3 is 12.1 Å². The Morgan fingerprint density at radius 1 is 1.07 bits per heavy atom. The number of hydrogen-bond acceptors (Lipinski definition) is 4. The zero-order valence-electron chi connectivity index (χ0n) is 16.4. The average molecular weight is 394 g/mol. The van der Waals surface area contributed by atoms with E-state index < -0.39 is 0 Å². The van der Waals surface area contributed by atoms with Gasteiger partial charge in [-0.3, -0.25) is 4.98 Å². The lowest BCUT2D eigenvalue weighted by atomic mass is 10.0. The average Bonchev–Trinajstić information content (AvgIpc) is 3.00. The molecule has 0 radical (unpaired) electrons. The number of rotatable bonds is 4. The van der Waals surface area contributed by atoms with Crippen LogP contribution in [0.5, 0.6) is 0 Å². The number of cyclic esters (lactones) is 1. The van der Waals surface area contributed by atoms with E-state index in [0.717, 1.165) is 49.0 Å². The normalized spacial score (nSPS) is 19.6. The van der Waals surface area contributed by atoms with Gasteiger partial charge in [0.1, 0.15) is 6.61 Å². The van der Waals surface area contributed by atoms with E-state index in [9.17, 15) is 9.59 Å². The van der Waals surface area contributed by atoms with Crippen LogP contribution in [-0.2, 0) is 11.3 Å². The summed E-state index contributed by atoms with van der Waals surface area (Å²) < 4.78 is 4.96. The lowest BCUT2D eigenvalue weighted by molar-refractivity contribution is 0.157. The van der Waals surface area contributed by atoms with E-state index in [0.29, 0.717) is 19.7 Å². The summed E-state index contributed by atoms with van der Waals surface area (Å²) in [4.78, 5) is 32.3. The smallest absolute Gasteiger partial charge is 0.410 e. The van der Waals surface area contributed by atoms with Gasteiger partial charge in [0, 0.05) is 31.2 Å². The molecule has 0 spiro atoms. The van der Waals surface area contributed by atoms with Crippen LogP contribution < -0.4 is 5.32 Å². The highest BCUT2D eigenvalue weighted by molar-refractivity contribution is 5.89. The van der Waals surface area contributed by atoms with Gasteiger partial charge in [-0.1, -0.05) is 25.0 Å². The van der Waals surface area contributed by atoms with Crippen molar-refractivity contribution in [1.82, 2.24) is 14.8 Å². The van der Waals surface area contributed by atoms with Crippen molar-refractivity contribution in [2.24, 2.45) is 0 Å². The van der Waals surface area contributed by atoms with Crippen LogP contribution in [0, 0.1) is 0 Å². The predicted octanol–water partition coefficient (Wildman–Crippen LogP) is 4.18. The van der Waals surface area contributed by atoms with Crippen LogP contribution in [0.2, 0.25) is 0 Å². The number of nitrogens with one attached hydrogen (secondary N) is 1. The maximum absolute atomic E-state index is 13.0. The molecule has 2 fully saturated rings. The number of carbonyl (C=O) groups excluding carboxylic acids is 2. The molecular formula is C22H26N4O3. The Bertz CT molecular complexity index is 841. The number of aromatic nitrogens is 1. The van der Waals surface area contributed by atoms with Crippen molar-refractivity contribution in [1.29, 1.82) is 0 Å². The SMILES string of the molecule is O=C1OCCN1Cc1ccc(NC(=O)N2CCCCCC2c2ccncc2)cc1. The highest BCUT2D eigenvalue weighted by Gasteiger charge is 2.27. The van der Waals surface area contributed by atoms with Crippen molar-refractivity contribution >= 4 is 17.8 Å². The Kier molecular flexibility index (Phi) is 5.93. The molecule has 2 saturated heterocycles. The fraction of sp³-hybridized carbons (Fsp3) is 0.409. The van der Waals surface area contributed by atoms with E-state index in [1.807, 2.05) is 41.3 Å². The van der Waals surface area contributed by atoms with Gasteiger partial charge in [0.25, 0.3) is 0 Å². The number of hydrogen-bond donors (Lipinski definition) is 1. The molecular weight excluding hydrogens is 368 g/mol. The zero-order chi connectivity index (χ0) is 20.1. The lowest BCUT2D eigenvalue weighted by Crippen LogP contribution is -2.38. The summed E-state index contributed by atoms with van der Waals surface area (Å²) in [5.74, 6) is 0. The third-order valence-corrected chi connectivity index (χ3v) is 5.53. The van der Waals surface area contributed by atoms with E-state index in [1.165, 1.54) is 0 Å². The van der Waals surface area contributed by atoms with Crippen LogP contribution in [0.4, 0.5) is 15.3 Å². The molecule has 7 heteroatoms. The van der Waals surface area contributed by atoms with Crippen LogP contribution in [0.3, 0.4) is 0 Å². The van der Waals surface area contributed by atoms with E-state index in [-0.39, 0.29) is 18.2 Å². The van der Waals surface area contributed by atoms with E-state index in [4.69, 9.17) is 4.74 Å². The third kappa shape index (κ3) is 4.67. The second-order valence-electron chi connectivity index (χ2n) is 7.50. The standard InChI is InChI=1S/C22H26N4O3/c27-21(26-13-3-1-2-4-20(26)18-9-11-23-12-10-18)24-19-7-5-17(6-8-19)16-25-14-15-29-22(25)28/h5-12,20H,1-4,13-16H2,(H,24,27). The van der Waals surface area contributed by atoms with Gasteiger partial charge in [0.2, 0.25) is 0 Å². The Morgan fingerprint density at radius 2 is 1.86 bits per heavy atom. The topological polar surface area (TPSA) is 74.8 Å². The molecule has 2 aliphatic rings. The number of benzene rings is 1. The van der Waals surface area contributed by atoms with Crippen LogP contribution in [0.15, 0.2) is 48.8 Å². The highest BCUT2D eigenvalue weighted by Crippen LogP contribution is 2.30. The number of amides is 3. The molecule has 3 amide bonds. The number of ether oxygens (including phenoxy) is 1. The van der Waals surface area contributed by atoms with Gasteiger partial charge < -0.3 is 19.9 Å². The van der Waals surface area contributed by atoms with Crippen molar-refractivity contribution < 1.29 is 14.3 Å². The molecule has 29 heavy (non-hydrogen) atoms. The molecule has 1 aromatic heterocycles.